The molecule has 0 amide bonds. The fourth-order valence-electron chi connectivity index (χ4n) is 4.80. The molecule has 0 aliphatic carbocycles. The van der Waals surface area contributed by atoms with E-state index in [1.54, 1.807) is 6.07 Å². The third-order valence-corrected chi connectivity index (χ3v) is 7.13. The van der Waals surface area contributed by atoms with Crippen molar-refractivity contribution in [2.45, 2.75) is 45.8 Å². The van der Waals surface area contributed by atoms with Crippen LogP contribution in [-0.2, 0) is 20.0 Å². The van der Waals surface area contributed by atoms with Crippen LogP contribution in [0.3, 0.4) is 0 Å². The second-order valence-corrected chi connectivity index (χ2v) is 10.2. The third-order valence-electron chi connectivity index (χ3n) is 6.08. The molecule has 0 aromatic carbocycles. The minimum atomic E-state index is -4.21. The van der Waals surface area contributed by atoms with E-state index in [0.29, 0.717) is 21.5 Å². The van der Waals surface area contributed by atoms with Gasteiger partial charge in [0.15, 0.2) is 0 Å². The Bertz CT molecular complexity index is 1060. The second kappa shape index (κ2) is 9.97. The number of aromatic nitrogens is 4. The summed E-state index contributed by atoms with van der Waals surface area (Å²) in [5.74, 6) is 1.90. The maximum absolute atomic E-state index is 12.8. The molecule has 5 rings (SSSR count). The summed E-state index contributed by atoms with van der Waals surface area (Å²) in [5.41, 5.74) is 1.22. The Morgan fingerprint density at radius 1 is 1.12 bits per heavy atom. The zero-order chi connectivity index (χ0) is 23.6. The predicted molar refractivity (Wildman–Crippen MR) is 125 cm³/mol. The van der Waals surface area contributed by atoms with E-state index in [0.717, 1.165) is 61.7 Å². The number of fused-ring (bicyclic) bond motifs is 2. The minimum Gasteiger partial charge on any atom is -0.355 e. The number of likely N-dealkylation sites (tertiary alicyclic amines) is 1. The van der Waals surface area contributed by atoms with Gasteiger partial charge in [0.05, 0.1) is 18.0 Å². The maximum atomic E-state index is 12.8. The lowest BCUT2D eigenvalue weighted by atomic mass is 9.88. The smallest absolute Gasteiger partial charge is 0.355 e. The summed E-state index contributed by atoms with van der Waals surface area (Å²) in [4.78, 5) is 14.3. The molecule has 2 aliphatic heterocycles. The van der Waals surface area contributed by atoms with Gasteiger partial charge >= 0.3 is 6.18 Å². The molecule has 5 heterocycles. The van der Waals surface area contributed by atoms with Crippen LogP contribution in [-0.4, -0.2) is 57.0 Å². The van der Waals surface area contributed by atoms with Crippen LogP contribution in [0.1, 0.15) is 37.1 Å². The molecular weight excluding hydrogens is 449 g/mol. The van der Waals surface area contributed by atoms with E-state index in [2.05, 4.69) is 44.9 Å². The molecule has 33 heavy (non-hydrogen) atoms. The Labute approximate surface area is 196 Å². The standard InChI is InChI=1S/C20H23F3N6S.C3H8/c1-27-7-13(6-26-27)8-28-3-2-14-10-29(11-15(14)9-28)18-17-4-16(5-20(21,22)23)30-19(17)25-12-24-18;1-3-2/h4,6-7,12,14-15H,2-3,5,8-11H2,1H3;3H2,1-2H3/t14-,15+;/m1./s1. The molecule has 180 valence electrons. The molecule has 6 nitrogen and oxygen atoms in total. The van der Waals surface area contributed by atoms with Crippen molar-refractivity contribution in [1.82, 2.24) is 24.6 Å². The molecule has 2 fully saturated rings. The number of alkyl halides is 3. The number of piperidine rings is 1. The van der Waals surface area contributed by atoms with E-state index in [1.165, 1.54) is 18.3 Å². The van der Waals surface area contributed by atoms with Gasteiger partial charge < -0.3 is 4.90 Å². The first-order valence-electron chi connectivity index (χ1n) is 11.5. The maximum Gasteiger partial charge on any atom is 0.393 e. The van der Waals surface area contributed by atoms with Crippen molar-refractivity contribution < 1.29 is 13.2 Å². The summed E-state index contributed by atoms with van der Waals surface area (Å²) >= 11 is 1.11. The lowest BCUT2D eigenvalue weighted by Crippen LogP contribution is -2.39. The highest BCUT2D eigenvalue weighted by Gasteiger charge is 2.38. The molecule has 2 saturated heterocycles. The van der Waals surface area contributed by atoms with Crippen molar-refractivity contribution in [1.29, 1.82) is 0 Å². The van der Waals surface area contributed by atoms with Crippen LogP contribution in [0.2, 0.25) is 0 Å². The zero-order valence-electron chi connectivity index (χ0n) is 19.3. The van der Waals surface area contributed by atoms with Crippen molar-refractivity contribution in [3.05, 3.63) is 35.2 Å². The summed E-state index contributed by atoms with van der Waals surface area (Å²) in [6.45, 7) is 9.01. The van der Waals surface area contributed by atoms with Crippen LogP contribution >= 0.6 is 11.3 Å². The lowest BCUT2D eigenvalue weighted by Gasteiger charge is -2.33. The Morgan fingerprint density at radius 2 is 1.88 bits per heavy atom. The molecule has 0 spiro atoms. The van der Waals surface area contributed by atoms with Gasteiger partial charge in [-0.25, -0.2) is 9.97 Å². The van der Waals surface area contributed by atoms with Gasteiger partial charge in [-0.15, -0.1) is 11.3 Å². The van der Waals surface area contributed by atoms with Gasteiger partial charge in [0.25, 0.3) is 0 Å². The minimum absolute atomic E-state index is 0.290. The van der Waals surface area contributed by atoms with Crippen molar-refractivity contribution in [3.63, 3.8) is 0 Å². The van der Waals surface area contributed by atoms with Crippen molar-refractivity contribution in [3.8, 4) is 0 Å². The molecule has 3 aromatic heterocycles. The zero-order valence-corrected chi connectivity index (χ0v) is 20.2. The summed E-state index contributed by atoms with van der Waals surface area (Å²) < 4.78 is 40.3. The molecule has 2 aliphatic rings. The van der Waals surface area contributed by atoms with Gasteiger partial charge in [0, 0.05) is 49.9 Å². The number of aryl methyl sites for hydroxylation is 1. The normalized spacial score (nSPS) is 21.2. The molecule has 3 aromatic rings. The number of rotatable bonds is 4. The molecule has 10 heteroatoms. The molecule has 0 radical (unpaired) electrons. The Hall–Kier alpha value is -2.20. The number of hydrogen-bond donors (Lipinski definition) is 0. The first kappa shape index (κ1) is 23.9. The van der Waals surface area contributed by atoms with Gasteiger partial charge in [-0.1, -0.05) is 20.3 Å². The Balaban J connectivity index is 0.000000821. The first-order chi connectivity index (χ1) is 15.8. The van der Waals surface area contributed by atoms with Crippen molar-refractivity contribution >= 4 is 27.4 Å². The van der Waals surface area contributed by atoms with E-state index in [9.17, 15) is 13.2 Å². The van der Waals surface area contributed by atoms with E-state index in [1.807, 2.05) is 17.9 Å². The predicted octanol–water partition coefficient (Wildman–Crippen LogP) is 4.90. The molecular formula is C23H31F3N6S. The van der Waals surface area contributed by atoms with E-state index in [-0.39, 0.29) is 0 Å². The fourth-order valence-corrected chi connectivity index (χ4v) is 5.82. The van der Waals surface area contributed by atoms with Crippen LogP contribution in [0, 0.1) is 11.8 Å². The number of thiophene rings is 1. The van der Waals surface area contributed by atoms with Gasteiger partial charge in [-0.05, 0) is 30.9 Å². The highest BCUT2D eigenvalue weighted by molar-refractivity contribution is 7.18. The lowest BCUT2D eigenvalue weighted by molar-refractivity contribution is -0.126. The summed E-state index contributed by atoms with van der Waals surface area (Å²) in [5, 5.41) is 4.99. The topological polar surface area (TPSA) is 50.1 Å². The average Bonchev–Trinajstić information content (AvgIpc) is 3.44. The van der Waals surface area contributed by atoms with Gasteiger partial charge in [0.2, 0.25) is 0 Å². The van der Waals surface area contributed by atoms with Gasteiger partial charge in [0.1, 0.15) is 17.0 Å². The molecule has 0 N–H and O–H groups in total. The van der Waals surface area contributed by atoms with E-state index in [4.69, 9.17) is 0 Å². The number of nitrogens with zero attached hydrogens (tertiary/aromatic N) is 6. The second-order valence-electron chi connectivity index (χ2n) is 9.10. The fraction of sp³-hybridized carbons (Fsp3) is 0.609. The quantitative estimate of drug-likeness (QED) is 0.531. The van der Waals surface area contributed by atoms with Crippen LogP contribution < -0.4 is 4.90 Å². The molecule has 0 saturated carbocycles. The Morgan fingerprint density at radius 3 is 2.58 bits per heavy atom. The Kier molecular flexibility index (Phi) is 7.23. The van der Waals surface area contributed by atoms with Crippen molar-refractivity contribution in [2.75, 3.05) is 31.1 Å². The number of halogens is 3. The van der Waals surface area contributed by atoms with Gasteiger partial charge in [-0.3, -0.25) is 9.58 Å². The van der Waals surface area contributed by atoms with Crippen molar-refractivity contribution in [2.24, 2.45) is 18.9 Å². The molecule has 0 unspecified atom stereocenters. The van der Waals surface area contributed by atoms with Crippen LogP contribution in [0.5, 0.6) is 0 Å². The van der Waals surface area contributed by atoms with Crippen LogP contribution in [0.15, 0.2) is 24.8 Å². The van der Waals surface area contributed by atoms with Crippen LogP contribution in [0.25, 0.3) is 10.2 Å². The third kappa shape index (κ3) is 5.84. The number of anilines is 1. The summed E-state index contributed by atoms with van der Waals surface area (Å²) in [6, 6.07) is 1.62. The highest BCUT2D eigenvalue weighted by atomic mass is 32.1. The SMILES string of the molecule is CCC.Cn1cc(CN2CC[C@@H]3CN(c4ncnc5sc(CC(F)(F)F)cc45)C[C@@H]3C2)cn1. The first-order valence-corrected chi connectivity index (χ1v) is 12.3. The summed E-state index contributed by atoms with van der Waals surface area (Å²) in [6.07, 6.45) is 2.69. The van der Waals surface area contributed by atoms with E-state index < -0.39 is 12.6 Å². The summed E-state index contributed by atoms with van der Waals surface area (Å²) in [7, 11) is 1.93. The molecule has 2 atom stereocenters. The van der Waals surface area contributed by atoms with Gasteiger partial charge in [-0.2, -0.15) is 18.3 Å². The van der Waals surface area contributed by atoms with E-state index >= 15 is 0 Å². The monoisotopic (exact) mass is 480 g/mol. The van der Waals surface area contributed by atoms with Crippen LogP contribution in [0.4, 0.5) is 19.0 Å². The average molecular weight is 481 g/mol. The molecule has 0 bridgehead atoms. The largest absolute Gasteiger partial charge is 0.393 e. The highest BCUT2D eigenvalue weighted by Crippen LogP contribution is 2.38. The number of hydrogen-bond acceptors (Lipinski definition) is 6.